The third kappa shape index (κ3) is 5.26. The number of benzene rings is 1. The molecule has 0 unspecified atom stereocenters. The first-order chi connectivity index (χ1) is 18.2. The minimum atomic E-state index is -4.64. The normalized spacial score (nSPS) is 11.6. The van der Waals surface area contributed by atoms with Crippen LogP contribution < -0.4 is 16.4 Å². The summed E-state index contributed by atoms with van der Waals surface area (Å²) in [4.78, 5) is 25.1. The molecule has 0 saturated carbocycles. The number of halogens is 3. The molecule has 10 nitrogen and oxygen atoms in total. The number of H-pyrrole nitrogens is 1. The van der Waals surface area contributed by atoms with Gasteiger partial charge in [0.2, 0.25) is 0 Å². The highest BCUT2D eigenvalue weighted by Gasteiger charge is 2.32. The number of nitrogens with two attached hydrogens (primary N) is 1. The average molecular weight is 522 g/mol. The number of rotatable bonds is 7. The Morgan fingerprint density at radius 1 is 1.05 bits per heavy atom. The molecule has 13 heteroatoms. The number of amides is 1. The van der Waals surface area contributed by atoms with Gasteiger partial charge in [-0.1, -0.05) is 24.3 Å². The number of aromatic amines is 1. The number of nitrogens with one attached hydrogen (secondary N) is 3. The Balaban J connectivity index is 1.32. The van der Waals surface area contributed by atoms with Crippen LogP contribution >= 0.6 is 0 Å². The van der Waals surface area contributed by atoms with Crippen molar-refractivity contribution >= 4 is 28.6 Å². The molecule has 0 aliphatic carbocycles. The molecule has 5 rings (SSSR count). The summed E-state index contributed by atoms with van der Waals surface area (Å²) >= 11 is 0. The Morgan fingerprint density at radius 3 is 2.55 bits per heavy atom. The first-order valence-electron chi connectivity index (χ1n) is 11.4. The SMILES string of the molecule is Cn1cnc(CNC(=O)c2cc(C(F)(F)F)cnc2NCc2ccc(-c3cnc4[nH]nc(N)c4c3)cc2)c1. The van der Waals surface area contributed by atoms with Crippen molar-refractivity contribution in [3.8, 4) is 11.1 Å². The zero-order valence-corrected chi connectivity index (χ0v) is 20.0. The minimum Gasteiger partial charge on any atom is -0.382 e. The number of aryl methyl sites for hydroxylation is 1. The van der Waals surface area contributed by atoms with E-state index >= 15 is 0 Å². The van der Waals surface area contributed by atoms with Gasteiger partial charge in [-0.15, -0.1) is 0 Å². The summed E-state index contributed by atoms with van der Waals surface area (Å²) in [6.07, 6.45) is 1.02. The maximum atomic E-state index is 13.3. The van der Waals surface area contributed by atoms with E-state index < -0.39 is 17.6 Å². The van der Waals surface area contributed by atoms with Gasteiger partial charge in [-0.2, -0.15) is 18.3 Å². The molecule has 194 valence electrons. The number of carbonyl (C=O) groups excluding carboxylic acids is 1. The van der Waals surface area contributed by atoms with Gasteiger partial charge in [-0.05, 0) is 23.3 Å². The molecule has 1 aromatic carbocycles. The number of aromatic nitrogens is 6. The summed E-state index contributed by atoms with van der Waals surface area (Å²) in [6.45, 7) is 0.285. The Labute approximate surface area is 214 Å². The van der Waals surface area contributed by atoms with Crippen molar-refractivity contribution in [1.82, 2.24) is 35.0 Å². The third-order valence-corrected chi connectivity index (χ3v) is 5.84. The van der Waals surface area contributed by atoms with Crippen LogP contribution in [0.5, 0.6) is 0 Å². The zero-order chi connectivity index (χ0) is 26.9. The maximum Gasteiger partial charge on any atom is 0.417 e. The van der Waals surface area contributed by atoms with Crippen LogP contribution in [0.25, 0.3) is 22.2 Å². The standard InChI is InChI=1S/C25H22F3N9O/c1-37-12-18(34-13-37)11-33-24(38)20-7-17(25(26,27)28)10-32-22(20)30-8-14-2-4-15(5-3-14)16-6-19-21(29)35-36-23(19)31-9-16/h2-7,9-10,12-13H,8,11H2,1H3,(H,30,32)(H,33,38)(H3,29,31,35,36). The zero-order valence-electron chi connectivity index (χ0n) is 20.0. The topological polar surface area (TPSA) is 139 Å². The van der Waals surface area contributed by atoms with Gasteiger partial charge in [-0.25, -0.2) is 15.0 Å². The van der Waals surface area contributed by atoms with E-state index in [9.17, 15) is 18.0 Å². The lowest BCUT2D eigenvalue weighted by Gasteiger charge is -2.14. The summed E-state index contributed by atoms with van der Waals surface area (Å²) in [5, 5.41) is 13.0. The van der Waals surface area contributed by atoms with Gasteiger partial charge in [0, 0.05) is 37.7 Å². The van der Waals surface area contributed by atoms with Crippen molar-refractivity contribution in [3.05, 3.63) is 83.7 Å². The van der Waals surface area contributed by atoms with E-state index in [1.54, 1.807) is 30.3 Å². The second-order valence-corrected chi connectivity index (χ2v) is 8.61. The number of anilines is 2. The molecule has 1 amide bonds. The van der Waals surface area contributed by atoms with Crippen molar-refractivity contribution < 1.29 is 18.0 Å². The van der Waals surface area contributed by atoms with E-state index in [-0.39, 0.29) is 24.5 Å². The second kappa shape index (κ2) is 9.84. The first kappa shape index (κ1) is 24.7. The number of nitrogens with zero attached hydrogens (tertiary/aromatic N) is 5. The Morgan fingerprint density at radius 2 is 1.84 bits per heavy atom. The number of fused-ring (bicyclic) bond motifs is 1. The third-order valence-electron chi connectivity index (χ3n) is 5.84. The predicted octanol–water partition coefficient (Wildman–Crippen LogP) is 3.90. The molecule has 0 aliphatic rings. The Kier molecular flexibility index (Phi) is 6.41. The van der Waals surface area contributed by atoms with Crippen LogP contribution in [0.1, 0.15) is 27.2 Å². The summed E-state index contributed by atoms with van der Waals surface area (Å²) < 4.78 is 41.6. The number of carbonyl (C=O) groups is 1. The number of hydrogen-bond donors (Lipinski definition) is 4. The van der Waals surface area contributed by atoms with E-state index in [0.29, 0.717) is 23.4 Å². The highest BCUT2D eigenvalue weighted by molar-refractivity contribution is 5.99. The lowest BCUT2D eigenvalue weighted by atomic mass is 10.0. The molecular weight excluding hydrogens is 499 g/mol. The van der Waals surface area contributed by atoms with E-state index in [2.05, 4.69) is 35.8 Å². The minimum absolute atomic E-state index is 0.0330. The largest absolute Gasteiger partial charge is 0.417 e. The summed E-state index contributed by atoms with van der Waals surface area (Å²) in [5.74, 6) is -0.307. The maximum absolute atomic E-state index is 13.3. The molecule has 0 fully saturated rings. The lowest BCUT2D eigenvalue weighted by Crippen LogP contribution is -2.25. The van der Waals surface area contributed by atoms with Crippen molar-refractivity contribution in [2.45, 2.75) is 19.3 Å². The smallest absolute Gasteiger partial charge is 0.382 e. The summed E-state index contributed by atoms with van der Waals surface area (Å²) in [6, 6.07) is 10.2. The van der Waals surface area contributed by atoms with Crippen LogP contribution in [0.15, 0.2) is 61.3 Å². The fourth-order valence-corrected chi connectivity index (χ4v) is 3.84. The monoisotopic (exact) mass is 521 g/mol. The van der Waals surface area contributed by atoms with Gasteiger partial charge in [0.25, 0.3) is 5.91 Å². The molecule has 0 saturated heterocycles. The second-order valence-electron chi connectivity index (χ2n) is 8.61. The van der Waals surface area contributed by atoms with Crippen LogP contribution in [0.4, 0.5) is 24.8 Å². The Bertz CT molecular complexity index is 1610. The van der Waals surface area contributed by atoms with E-state index in [4.69, 9.17) is 5.73 Å². The molecule has 0 spiro atoms. The number of alkyl halides is 3. The molecule has 38 heavy (non-hydrogen) atoms. The molecule has 0 bridgehead atoms. The van der Waals surface area contributed by atoms with Gasteiger partial charge in [0.15, 0.2) is 11.5 Å². The molecule has 0 atom stereocenters. The number of imidazole rings is 1. The van der Waals surface area contributed by atoms with Crippen LogP contribution in [-0.2, 0) is 26.3 Å². The fraction of sp³-hybridized carbons (Fsp3) is 0.160. The average Bonchev–Trinajstić information content (AvgIpc) is 3.50. The van der Waals surface area contributed by atoms with Crippen LogP contribution in [0.2, 0.25) is 0 Å². The molecule has 4 heterocycles. The fourth-order valence-electron chi connectivity index (χ4n) is 3.84. The van der Waals surface area contributed by atoms with Crippen molar-refractivity contribution in [1.29, 1.82) is 0 Å². The van der Waals surface area contributed by atoms with E-state index in [0.717, 1.165) is 28.1 Å². The van der Waals surface area contributed by atoms with Gasteiger partial charge >= 0.3 is 6.18 Å². The first-order valence-corrected chi connectivity index (χ1v) is 11.4. The van der Waals surface area contributed by atoms with E-state index in [1.165, 1.54) is 0 Å². The van der Waals surface area contributed by atoms with Crippen LogP contribution in [0.3, 0.4) is 0 Å². The molecule has 5 aromatic rings. The van der Waals surface area contributed by atoms with Crippen LogP contribution in [0, 0.1) is 0 Å². The summed E-state index contributed by atoms with van der Waals surface area (Å²) in [7, 11) is 1.77. The van der Waals surface area contributed by atoms with Gasteiger partial charge in [0.1, 0.15) is 5.82 Å². The van der Waals surface area contributed by atoms with E-state index in [1.807, 2.05) is 30.3 Å². The van der Waals surface area contributed by atoms with Crippen LogP contribution in [-0.4, -0.2) is 35.6 Å². The highest BCUT2D eigenvalue weighted by atomic mass is 19.4. The van der Waals surface area contributed by atoms with Crippen molar-refractivity contribution in [2.24, 2.45) is 7.05 Å². The summed E-state index contributed by atoms with van der Waals surface area (Å²) in [5.41, 5.74) is 8.37. The molecular formula is C25H22F3N9O. The predicted molar refractivity (Wildman–Crippen MR) is 135 cm³/mol. The van der Waals surface area contributed by atoms with Gasteiger partial charge in [0.05, 0.1) is 35.1 Å². The van der Waals surface area contributed by atoms with Crippen molar-refractivity contribution in [2.75, 3.05) is 11.1 Å². The molecule has 0 radical (unpaired) electrons. The number of pyridine rings is 2. The molecule has 0 aliphatic heterocycles. The molecule has 5 N–H and O–H groups in total. The number of nitrogen functional groups attached to an aromatic ring is 1. The van der Waals surface area contributed by atoms with Crippen molar-refractivity contribution in [3.63, 3.8) is 0 Å². The van der Waals surface area contributed by atoms with Gasteiger partial charge in [-0.3, -0.25) is 9.89 Å². The highest BCUT2D eigenvalue weighted by Crippen LogP contribution is 2.31. The Hall–Kier alpha value is -4.94. The van der Waals surface area contributed by atoms with Gasteiger partial charge < -0.3 is 20.9 Å². The lowest BCUT2D eigenvalue weighted by molar-refractivity contribution is -0.137. The molecule has 4 aromatic heterocycles. The quantitative estimate of drug-likeness (QED) is 0.255. The number of hydrogen-bond acceptors (Lipinski definition) is 7.